The highest BCUT2D eigenvalue weighted by Crippen LogP contribution is 2.28. The van der Waals surface area contributed by atoms with Crippen LogP contribution in [-0.4, -0.2) is 37.4 Å². The van der Waals surface area contributed by atoms with Crippen LogP contribution in [0.5, 0.6) is 11.5 Å². The zero-order valence-electron chi connectivity index (χ0n) is 13.6. The van der Waals surface area contributed by atoms with Gasteiger partial charge in [0.15, 0.2) is 11.5 Å². The second kappa shape index (κ2) is 10.3. The van der Waals surface area contributed by atoms with Crippen LogP contribution in [0.2, 0.25) is 0 Å². The van der Waals surface area contributed by atoms with E-state index in [0.717, 1.165) is 12.0 Å². The predicted molar refractivity (Wildman–Crippen MR) is 85.9 cm³/mol. The van der Waals surface area contributed by atoms with Crippen LogP contribution in [0.3, 0.4) is 0 Å². The van der Waals surface area contributed by atoms with Gasteiger partial charge in [0.1, 0.15) is 0 Å². The molecule has 0 aliphatic rings. The minimum Gasteiger partial charge on any atom is -0.493 e. The molecule has 0 aliphatic heterocycles. The number of urea groups is 1. The molecule has 0 aromatic heterocycles. The first-order chi connectivity index (χ1) is 11.1. The Balaban J connectivity index is 2.41. The van der Waals surface area contributed by atoms with Gasteiger partial charge in [0.2, 0.25) is 0 Å². The summed E-state index contributed by atoms with van der Waals surface area (Å²) in [5, 5.41) is 13.8. The molecular formula is C16H24N2O5. The number of carbonyl (C=O) groups excluding carboxylic acids is 1. The number of nitrogens with one attached hydrogen (secondary N) is 2. The average Bonchev–Trinajstić information content (AvgIpc) is 2.55. The summed E-state index contributed by atoms with van der Waals surface area (Å²) < 4.78 is 10.9. The Morgan fingerprint density at radius 3 is 2.65 bits per heavy atom. The molecule has 0 saturated carbocycles. The zero-order valence-corrected chi connectivity index (χ0v) is 13.6. The number of hydrogen-bond acceptors (Lipinski definition) is 4. The van der Waals surface area contributed by atoms with Crippen LogP contribution in [-0.2, 0) is 11.3 Å². The molecule has 1 aromatic carbocycles. The Bertz CT molecular complexity index is 519. The van der Waals surface area contributed by atoms with Crippen molar-refractivity contribution < 1.29 is 24.2 Å². The molecule has 23 heavy (non-hydrogen) atoms. The van der Waals surface area contributed by atoms with Crippen molar-refractivity contribution in [2.75, 3.05) is 20.3 Å². The molecule has 1 rings (SSSR count). The third kappa shape index (κ3) is 7.39. The normalized spacial score (nSPS) is 10.0. The van der Waals surface area contributed by atoms with E-state index in [4.69, 9.17) is 14.6 Å². The fraction of sp³-hybridized carbons (Fsp3) is 0.500. The van der Waals surface area contributed by atoms with Crippen molar-refractivity contribution in [3.05, 3.63) is 23.8 Å². The van der Waals surface area contributed by atoms with Crippen LogP contribution in [0, 0.1) is 0 Å². The third-order valence-corrected chi connectivity index (χ3v) is 3.00. The summed E-state index contributed by atoms with van der Waals surface area (Å²) in [6.07, 6.45) is 1.35. The molecule has 2 amide bonds. The number of amides is 2. The van der Waals surface area contributed by atoms with Gasteiger partial charge >= 0.3 is 12.0 Å². The first-order valence-electron chi connectivity index (χ1n) is 7.60. The monoisotopic (exact) mass is 324 g/mol. The van der Waals surface area contributed by atoms with E-state index in [-0.39, 0.29) is 12.5 Å². The molecule has 128 valence electrons. The van der Waals surface area contributed by atoms with Gasteiger partial charge in [0.25, 0.3) is 0 Å². The number of aliphatic carboxylic acids is 1. The summed E-state index contributed by atoms with van der Waals surface area (Å²) in [5.74, 6) is 0.431. The third-order valence-electron chi connectivity index (χ3n) is 3.00. The van der Waals surface area contributed by atoms with Crippen molar-refractivity contribution >= 4 is 12.0 Å². The van der Waals surface area contributed by atoms with Gasteiger partial charge in [-0.2, -0.15) is 0 Å². The van der Waals surface area contributed by atoms with E-state index in [1.165, 1.54) is 0 Å². The highest BCUT2D eigenvalue weighted by atomic mass is 16.5. The topological polar surface area (TPSA) is 96.9 Å². The molecule has 7 heteroatoms. The average molecular weight is 324 g/mol. The molecule has 0 heterocycles. The molecule has 0 spiro atoms. The molecule has 0 radical (unpaired) electrons. The second-order valence-corrected chi connectivity index (χ2v) is 4.94. The van der Waals surface area contributed by atoms with E-state index in [2.05, 4.69) is 10.6 Å². The number of rotatable bonds is 10. The summed E-state index contributed by atoms with van der Waals surface area (Å²) in [4.78, 5) is 22.0. The number of hydrogen-bond donors (Lipinski definition) is 3. The quantitative estimate of drug-likeness (QED) is 0.573. The number of carboxylic acid groups (broad SMARTS) is 1. The minimum absolute atomic E-state index is 0.0384. The van der Waals surface area contributed by atoms with Crippen molar-refractivity contribution in [1.82, 2.24) is 10.6 Å². The van der Waals surface area contributed by atoms with Crippen molar-refractivity contribution in [1.29, 1.82) is 0 Å². The van der Waals surface area contributed by atoms with Crippen LogP contribution < -0.4 is 20.1 Å². The first kappa shape index (κ1) is 18.6. The molecule has 0 unspecified atom stereocenters. The first-order valence-corrected chi connectivity index (χ1v) is 7.60. The fourth-order valence-corrected chi connectivity index (χ4v) is 1.84. The Morgan fingerprint density at radius 2 is 2.00 bits per heavy atom. The summed E-state index contributed by atoms with van der Waals surface area (Å²) in [6, 6.07) is 5.16. The Hall–Kier alpha value is -2.44. The van der Waals surface area contributed by atoms with E-state index < -0.39 is 5.97 Å². The SMILES string of the molecule is CCCOc1ccc(CNC(=O)NCCCC(=O)O)cc1OC. The molecule has 0 bridgehead atoms. The van der Waals surface area contributed by atoms with Gasteiger partial charge in [-0.3, -0.25) is 4.79 Å². The van der Waals surface area contributed by atoms with Crippen LogP contribution in [0.15, 0.2) is 18.2 Å². The van der Waals surface area contributed by atoms with E-state index >= 15 is 0 Å². The zero-order chi connectivity index (χ0) is 17.1. The van der Waals surface area contributed by atoms with Gasteiger partial charge in [0, 0.05) is 19.5 Å². The van der Waals surface area contributed by atoms with Crippen LogP contribution >= 0.6 is 0 Å². The van der Waals surface area contributed by atoms with Crippen molar-refractivity contribution in [3.8, 4) is 11.5 Å². The van der Waals surface area contributed by atoms with Gasteiger partial charge in [0.05, 0.1) is 13.7 Å². The number of ether oxygens (including phenoxy) is 2. The maximum absolute atomic E-state index is 11.6. The molecule has 0 fully saturated rings. The fourth-order valence-electron chi connectivity index (χ4n) is 1.84. The standard InChI is InChI=1S/C16H24N2O5/c1-3-9-23-13-7-6-12(10-14(13)22-2)11-18-16(21)17-8-4-5-15(19)20/h6-7,10H,3-5,8-9,11H2,1-2H3,(H,19,20)(H2,17,18,21). The summed E-state index contributed by atoms with van der Waals surface area (Å²) >= 11 is 0. The lowest BCUT2D eigenvalue weighted by atomic mass is 10.2. The molecule has 7 nitrogen and oxygen atoms in total. The minimum atomic E-state index is -0.871. The van der Waals surface area contributed by atoms with Gasteiger partial charge in [-0.25, -0.2) is 4.79 Å². The number of carboxylic acids is 1. The number of carbonyl (C=O) groups is 2. The molecule has 3 N–H and O–H groups in total. The lowest BCUT2D eigenvalue weighted by molar-refractivity contribution is -0.137. The van der Waals surface area contributed by atoms with E-state index in [1.54, 1.807) is 7.11 Å². The van der Waals surface area contributed by atoms with Crippen molar-refractivity contribution in [3.63, 3.8) is 0 Å². The van der Waals surface area contributed by atoms with Gasteiger partial charge in [-0.05, 0) is 30.5 Å². The van der Waals surface area contributed by atoms with Gasteiger partial charge in [-0.15, -0.1) is 0 Å². The Labute approximate surface area is 136 Å². The van der Waals surface area contributed by atoms with Gasteiger partial charge < -0.3 is 25.2 Å². The molecule has 0 aliphatic carbocycles. The van der Waals surface area contributed by atoms with Gasteiger partial charge in [-0.1, -0.05) is 13.0 Å². The van der Waals surface area contributed by atoms with Crippen LogP contribution in [0.25, 0.3) is 0 Å². The maximum atomic E-state index is 11.6. The van der Waals surface area contributed by atoms with Crippen LogP contribution in [0.1, 0.15) is 31.7 Å². The molecule has 1 aromatic rings. The Kier molecular flexibility index (Phi) is 8.34. The summed E-state index contributed by atoms with van der Waals surface area (Å²) in [5.41, 5.74) is 0.881. The van der Waals surface area contributed by atoms with Crippen molar-refractivity contribution in [2.24, 2.45) is 0 Å². The maximum Gasteiger partial charge on any atom is 0.315 e. The largest absolute Gasteiger partial charge is 0.493 e. The molecular weight excluding hydrogens is 300 g/mol. The van der Waals surface area contributed by atoms with E-state index in [1.807, 2.05) is 25.1 Å². The summed E-state index contributed by atoms with van der Waals surface area (Å²) in [6.45, 7) is 3.31. The lowest BCUT2D eigenvalue weighted by Gasteiger charge is -2.12. The number of methoxy groups -OCH3 is 1. The van der Waals surface area contributed by atoms with E-state index in [0.29, 0.717) is 37.6 Å². The predicted octanol–water partition coefficient (Wildman–Crippen LogP) is 2.15. The van der Waals surface area contributed by atoms with E-state index in [9.17, 15) is 9.59 Å². The Morgan fingerprint density at radius 1 is 1.22 bits per heavy atom. The second-order valence-electron chi connectivity index (χ2n) is 4.94. The molecule has 0 saturated heterocycles. The summed E-state index contributed by atoms with van der Waals surface area (Å²) in [7, 11) is 1.57. The van der Waals surface area contributed by atoms with Crippen molar-refractivity contribution in [2.45, 2.75) is 32.7 Å². The highest BCUT2D eigenvalue weighted by Gasteiger charge is 2.07. The van der Waals surface area contributed by atoms with Crippen LogP contribution in [0.4, 0.5) is 4.79 Å². The lowest BCUT2D eigenvalue weighted by Crippen LogP contribution is -2.35. The number of benzene rings is 1. The smallest absolute Gasteiger partial charge is 0.315 e. The highest BCUT2D eigenvalue weighted by molar-refractivity contribution is 5.74. The molecule has 0 atom stereocenters.